The number of nitrogens with zero attached hydrogens (tertiary/aromatic N) is 3. The van der Waals surface area contributed by atoms with Crippen molar-refractivity contribution in [2.45, 2.75) is 38.6 Å². The number of hydrogen-bond donors (Lipinski definition) is 2. The second-order valence-corrected chi connectivity index (χ2v) is 10.8. The van der Waals surface area contributed by atoms with Crippen LogP contribution < -0.4 is 4.74 Å². The number of aliphatic imine (C=N–C) groups is 1. The van der Waals surface area contributed by atoms with E-state index < -0.39 is 23.6 Å². The topological polar surface area (TPSA) is 99.4 Å². The Morgan fingerprint density at radius 2 is 1.80 bits per heavy atom. The van der Waals surface area contributed by atoms with Crippen molar-refractivity contribution in [1.29, 1.82) is 0 Å². The molecular weight excluding hydrogens is 540 g/mol. The minimum absolute atomic E-state index is 0.184. The molecule has 0 saturated carbocycles. The molecule has 2 aromatic rings. The first-order valence-electron chi connectivity index (χ1n) is 13.3. The summed E-state index contributed by atoms with van der Waals surface area (Å²) < 4.78 is 31.7. The van der Waals surface area contributed by atoms with Crippen molar-refractivity contribution >= 4 is 34.6 Å². The van der Waals surface area contributed by atoms with Gasteiger partial charge in [0.25, 0.3) is 5.17 Å². The van der Waals surface area contributed by atoms with Crippen LogP contribution in [0.15, 0.2) is 65.3 Å². The Kier molecular flexibility index (Phi) is 11.7. The van der Waals surface area contributed by atoms with Crippen LogP contribution in [0.3, 0.4) is 0 Å². The van der Waals surface area contributed by atoms with Crippen LogP contribution in [-0.4, -0.2) is 81.8 Å². The average Bonchev–Trinajstić information content (AvgIpc) is 2.93. The molecule has 0 bridgehead atoms. The van der Waals surface area contributed by atoms with Crippen LogP contribution in [0.1, 0.15) is 32.6 Å². The minimum Gasteiger partial charge on any atom is -0.493 e. The molecule has 2 N–H and O–H groups in total. The molecule has 1 fully saturated rings. The van der Waals surface area contributed by atoms with E-state index in [1.807, 2.05) is 37.3 Å². The SMILES string of the molecule is CCSC(=Nc1ccccc1)[N+](C)(/C(=C/C(=O)O)C(=O)O)C1CCN(CCCCOc2ccc(F)c(F)c2)CC1. The molecule has 1 heterocycles. The summed E-state index contributed by atoms with van der Waals surface area (Å²) in [4.78, 5) is 31.2. The Morgan fingerprint density at radius 3 is 2.40 bits per heavy atom. The molecular formula is C29H36F2N3O5S+. The van der Waals surface area contributed by atoms with Gasteiger partial charge in [-0.3, -0.25) is 0 Å². The Hall–Kier alpha value is -3.28. The lowest BCUT2D eigenvalue weighted by atomic mass is 9.99. The maximum Gasteiger partial charge on any atom is 0.391 e. The Morgan fingerprint density at radius 1 is 1.10 bits per heavy atom. The summed E-state index contributed by atoms with van der Waals surface area (Å²) in [7, 11) is 1.75. The molecule has 3 rings (SSSR count). The zero-order valence-corrected chi connectivity index (χ0v) is 23.6. The zero-order valence-electron chi connectivity index (χ0n) is 22.8. The first-order chi connectivity index (χ1) is 19.1. The van der Waals surface area contributed by atoms with E-state index in [1.165, 1.54) is 17.8 Å². The van der Waals surface area contributed by atoms with Crippen molar-refractivity contribution in [3.05, 3.63) is 71.9 Å². The largest absolute Gasteiger partial charge is 0.493 e. The van der Waals surface area contributed by atoms with Crippen molar-refractivity contribution in [3.63, 3.8) is 0 Å². The van der Waals surface area contributed by atoms with E-state index in [0.717, 1.165) is 50.7 Å². The number of rotatable bonds is 12. The number of ether oxygens (including phenoxy) is 1. The third-order valence-electron chi connectivity index (χ3n) is 6.95. The molecule has 0 radical (unpaired) electrons. The Labute approximate surface area is 237 Å². The lowest BCUT2D eigenvalue weighted by Gasteiger charge is -2.44. The smallest absolute Gasteiger partial charge is 0.391 e. The van der Waals surface area contributed by atoms with Gasteiger partial charge in [0.2, 0.25) is 5.70 Å². The fourth-order valence-corrected chi connectivity index (χ4v) is 5.78. The van der Waals surface area contributed by atoms with Gasteiger partial charge in [-0.25, -0.2) is 22.9 Å². The van der Waals surface area contributed by atoms with Crippen LogP contribution >= 0.6 is 11.8 Å². The summed E-state index contributed by atoms with van der Waals surface area (Å²) in [5.74, 6) is -3.52. The third kappa shape index (κ3) is 8.36. The van der Waals surface area contributed by atoms with Gasteiger partial charge in [-0.1, -0.05) is 25.1 Å². The molecule has 11 heteroatoms. The number of likely N-dealkylation sites (tertiary alicyclic amines) is 1. The standard InChI is InChI=1S/C29H35F2N3O5S/c1-3-40-29(32-21-9-5-4-6-10-21)34(2,26(28(37)38)20-27(35)36)22-13-16-33(17-14-22)15-7-8-18-39-23-11-12-24(30)25(31)19-23/h4-6,9-12,19-20,22H,3,7-8,13-18H2,1-2H3,(H-,35,36,37,38)/p+1/b26-20+,32-29?. The van der Waals surface area contributed by atoms with Gasteiger partial charge in [-0.15, -0.1) is 0 Å². The highest BCUT2D eigenvalue weighted by atomic mass is 32.2. The van der Waals surface area contributed by atoms with Crippen molar-refractivity contribution in [3.8, 4) is 5.75 Å². The number of likely N-dealkylation sites (N-methyl/N-ethyl adjacent to an activating group) is 1. The van der Waals surface area contributed by atoms with Crippen LogP contribution in [-0.2, 0) is 9.59 Å². The number of benzene rings is 2. The summed E-state index contributed by atoms with van der Waals surface area (Å²) in [5, 5.41) is 20.2. The molecule has 0 amide bonds. The van der Waals surface area contributed by atoms with Gasteiger partial charge < -0.3 is 19.8 Å². The number of thioether (sulfide) groups is 1. The predicted octanol–water partition coefficient (Wildman–Crippen LogP) is 5.53. The highest BCUT2D eigenvalue weighted by Gasteiger charge is 2.47. The summed E-state index contributed by atoms with van der Waals surface area (Å²) in [5.41, 5.74) is 0.446. The molecule has 2 aromatic carbocycles. The number of unbranched alkanes of at least 4 members (excludes halogenated alkanes) is 1. The lowest BCUT2D eigenvalue weighted by molar-refractivity contribution is -0.803. The molecule has 8 nitrogen and oxygen atoms in total. The molecule has 0 aliphatic carbocycles. The van der Waals surface area contributed by atoms with Crippen molar-refractivity contribution in [1.82, 2.24) is 4.90 Å². The molecule has 216 valence electrons. The molecule has 1 aliphatic heterocycles. The fraction of sp³-hybridized carbons (Fsp3) is 0.414. The number of halogens is 2. The number of piperidine rings is 1. The van der Waals surface area contributed by atoms with Crippen molar-refractivity contribution in [2.24, 2.45) is 4.99 Å². The minimum atomic E-state index is -1.31. The van der Waals surface area contributed by atoms with Crippen molar-refractivity contribution < 1.29 is 37.8 Å². The number of hydrogen-bond acceptors (Lipinski definition) is 6. The molecule has 40 heavy (non-hydrogen) atoms. The van der Waals surface area contributed by atoms with Crippen molar-refractivity contribution in [2.75, 3.05) is 39.0 Å². The maximum atomic E-state index is 13.3. The van der Waals surface area contributed by atoms with E-state index >= 15 is 0 Å². The van der Waals surface area contributed by atoms with E-state index in [0.29, 0.717) is 41.8 Å². The molecule has 0 spiro atoms. The zero-order chi connectivity index (χ0) is 29.1. The van der Waals surface area contributed by atoms with Gasteiger partial charge in [0.1, 0.15) is 11.8 Å². The van der Waals surface area contributed by atoms with Gasteiger partial charge in [-0.2, -0.15) is 4.99 Å². The van der Waals surface area contributed by atoms with E-state index in [-0.39, 0.29) is 16.2 Å². The monoisotopic (exact) mass is 576 g/mol. The van der Waals surface area contributed by atoms with E-state index in [9.17, 15) is 28.6 Å². The number of quaternary nitrogens is 1. The van der Waals surface area contributed by atoms with E-state index in [4.69, 9.17) is 9.73 Å². The number of carbonyl (C=O) groups is 2. The number of para-hydroxylation sites is 1. The normalized spacial score (nSPS) is 16.9. The molecule has 1 saturated heterocycles. The second-order valence-electron chi connectivity index (χ2n) is 9.62. The van der Waals surface area contributed by atoms with E-state index in [1.54, 1.807) is 7.05 Å². The van der Waals surface area contributed by atoms with Crippen LogP contribution in [0.2, 0.25) is 0 Å². The summed E-state index contributed by atoms with van der Waals surface area (Å²) in [6, 6.07) is 12.5. The maximum absolute atomic E-state index is 13.3. The lowest BCUT2D eigenvalue weighted by Crippen LogP contribution is -2.59. The first-order valence-corrected chi connectivity index (χ1v) is 14.3. The molecule has 1 unspecified atom stereocenters. The second kappa shape index (κ2) is 14.9. The van der Waals surface area contributed by atoms with Gasteiger partial charge in [0.15, 0.2) is 11.6 Å². The van der Waals surface area contributed by atoms with E-state index in [2.05, 4.69) is 4.90 Å². The van der Waals surface area contributed by atoms with Gasteiger partial charge >= 0.3 is 11.9 Å². The molecule has 0 aromatic heterocycles. The number of carboxylic acid groups (broad SMARTS) is 2. The van der Waals surface area contributed by atoms with Gasteiger partial charge in [0, 0.05) is 37.8 Å². The number of aliphatic carboxylic acids is 2. The predicted molar refractivity (Wildman–Crippen MR) is 152 cm³/mol. The van der Waals surface area contributed by atoms with Crippen LogP contribution in [0.4, 0.5) is 14.5 Å². The first kappa shape index (κ1) is 31.3. The van der Waals surface area contributed by atoms with Crippen LogP contribution in [0.25, 0.3) is 0 Å². The van der Waals surface area contributed by atoms with Crippen LogP contribution in [0.5, 0.6) is 5.75 Å². The Balaban J connectivity index is 1.69. The number of carboxylic acids is 2. The highest BCUT2D eigenvalue weighted by molar-refractivity contribution is 8.13. The summed E-state index contributed by atoms with van der Waals surface area (Å²) >= 11 is 1.42. The highest BCUT2D eigenvalue weighted by Crippen LogP contribution is 2.34. The number of amidine groups is 1. The molecule has 1 aliphatic rings. The quantitative estimate of drug-likeness (QED) is 0.113. The molecule has 1 atom stereocenters. The van der Waals surface area contributed by atoms with Gasteiger partial charge in [0.05, 0.1) is 25.4 Å². The summed E-state index contributed by atoms with van der Waals surface area (Å²) in [6.07, 6.45) is 3.68. The fourth-order valence-electron chi connectivity index (χ4n) is 4.83. The van der Waals surface area contributed by atoms with Gasteiger partial charge in [-0.05, 0) is 55.4 Å². The average molecular weight is 577 g/mol. The third-order valence-corrected chi connectivity index (χ3v) is 7.96. The summed E-state index contributed by atoms with van der Waals surface area (Å²) in [6.45, 7) is 4.58. The van der Waals surface area contributed by atoms with Crippen LogP contribution in [0, 0.1) is 11.6 Å². The Bertz CT molecular complexity index is 1220.